The topological polar surface area (TPSA) is 6.48 Å². The highest BCUT2D eigenvalue weighted by molar-refractivity contribution is 5.15. The van der Waals surface area contributed by atoms with E-state index in [9.17, 15) is 0 Å². The molecule has 68 valence electrons. The van der Waals surface area contributed by atoms with Gasteiger partial charge in [-0.15, -0.1) is 0 Å². The SMILES string of the molecule is C=C1[C@@H](C)C(C)N(C)C(=C)N1C. The van der Waals surface area contributed by atoms with Crippen molar-refractivity contribution in [2.75, 3.05) is 14.1 Å². The van der Waals surface area contributed by atoms with Gasteiger partial charge in [0, 0.05) is 31.8 Å². The molecule has 2 atom stereocenters. The van der Waals surface area contributed by atoms with Crippen molar-refractivity contribution < 1.29 is 0 Å². The molecule has 0 spiro atoms. The second kappa shape index (κ2) is 2.85. The molecule has 1 aliphatic rings. The first kappa shape index (κ1) is 9.17. The van der Waals surface area contributed by atoms with Crippen molar-refractivity contribution in [1.29, 1.82) is 0 Å². The molecule has 1 fully saturated rings. The molecule has 0 saturated carbocycles. The van der Waals surface area contributed by atoms with Gasteiger partial charge in [-0.25, -0.2) is 0 Å². The molecule has 12 heavy (non-hydrogen) atoms. The highest BCUT2D eigenvalue weighted by atomic mass is 15.3. The Morgan fingerprint density at radius 2 is 1.67 bits per heavy atom. The van der Waals surface area contributed by atoms with Crippen molar-refractivity contribution in [1.82, 2.24) is 9.80 Å². The van der Waals surface area contributed by atoms with Gasteiger partial charge in [0.15, 0.2) is 0 Å². The molecule has 1 aliphatic heterocycles. The predicted molar refractivity (Wildman–Crippen MR) is 52.4 cm³/mol. The van der Waals surface area contributed by atoms with E-state index in [-0.39, 0.29) is 0 Å². The third kappa shape index (κ3) is 1.11. The van der Waals surface area contributed by atoms with Crippen LogP contribution in [0.1, 0.15) is 13.8 Å². The van der Waals surface area contributed by atoms with E-state index < -0.39 is 0 Å². The standard InChI is InChI=1S/C10H18N2/c1-7-8(2)11(5)10(4)12(6)9(7)3/h7,9H,2,4H2,1,3,5-6H3/t7-,9?/m1/s1. The Labute approximate surface area is 75.2 Å². The summed E-state index contributed by atoms with van der Waals surface area (Å²) in [4.78, 5) is 4.25. The second-order valence-electron chi connectivity index (χ2n) is 3.61. The van der Waals surface area contributed by atoms with E-state index in [0.717, 1.165) is 11.5 Å². The number of hydrogen-bond acceptors (Lipinski definition) is 2. The molecule has 0 bridgehead atoms. The monoisotopic (exact) mass is 166 g/mol. The fourth-order valence-electron chi connectivity index (χ4n) is 1.56. The Balaban J connectivity index is 2.91. The van der Waals surface area contributed by atoms with Crippen molar-refractivity contribution in [2.45, 2.75) is 19.9 Å². The van der Waals surface area contributed by atoms with Gasteiger partial charge in [0.05, 0.1) is 0 Å². The summed E-state index contributed by atoms with van der Waals surface area (Å²) in [6, 6.07) is 0.501. The van der Waals surface area contributed by atoms with Crippen LogP contribution in [-0.2, 0) is 0 Å². The van der Waals surface area contributed by atoms with Crippen LogP contribution in [0.3, 0.4) is 0 Å². The lowest BCUT2D eigenvalue weighted by molar-refractivity contribution is 0.151. The van der Waals surface area contributed by atoms with Crippen LogP contribution in [0.4, 0.5) is 0 Å². The number of rotatable bonds is 0. The van der Waals surface area contributed by atoms with Gasteiger partial charge in [0.2, 0.25) is 0 Å². The Hall–Kier alpha value is -0.920. The molecular weight excluding hydrogens is 148 g/mol. The fourth-order valence-corrected chi connectivity index (χ4v) is 1.56. The van der Waals surface area contributed by atoms with E-state index in [2.05, 4.69) is 43.9 Å². The minimum atomic E-state index is 0.501. The minimum Gasteiger partial charge on any atom is -0.358 e. The van der Waals surface area contributed by atoms with Gasteiger partial charge in [-0.05, 0) is 6.92 Å². The zero-order chi connectivity index (χ0) is 9.46. The summed E-state index contributed by atoms with van der Waals surface area (Å²) >= 11 is 0. The molecule has 2 heteroatoms. The van der Waals surface area contributed by atoms with Crippen LogP contribution < -0.4 is 0 Å². The second-order valence-corrected chi connectivity index (χ2v) is 3.61. The Bertz CT molecular complexity index is 198. The zero-order valence-electron chi connectivity index (χ0n) is 8.46. The summed E-state index contributed by atoms with van der Waals surface area (Å²) in [5, 5.41) is 0. The van der Waals surface area contributed by atoms with Gasteiger partial charge in [-0.1, -0.05) is 20.1 Å². The van der Waals surface area contributed by atoms with Crippen LogP contribution >= 0.6 is 0 Å². The Morgan fingerprint density at radius 1 is 1.17 bits per heavy atom. The average molecular weight is 166 g/mol. The van der Waals surface area contributed by atoms with Crippen molar-refractivity contribution in [2.24, 2.45) is 5.92 Å². The summed E-state index contributed by atoms with van der Waals surface area (Å²) in [5.41, 5.74) is 1.16. The average Bonchev–Trinajstić information content (AvgIpc) is 2.08. The van der Waals surface area contributed by atoms with Crippen LogP contribution in [-0.4, -0.2) is 29.9 Å². The minimum absolute atomic E-state index is 0.501. The van der Waals surface area contributed by atoms with E-state index in [4.69, 9.17) is 0 Å². The summed E-state index contributed by atoms with van der Waals surface area (Å²) in [6.07, 6.45) is 0. The van der Waals surface area contributed by atoms with Gasteiger partial charge >= 0.3 is 0 Å². The van der Waals surface area contributed by atoms with Crippen LogP contribution in [0, 0.1) is 5.92 Å². The van der Waals surface area contributed by atoms with E-state index in [1.54, 1.807) is 0 Å². The predicted octanol–water partition coefficient (Wildman–Crippen LogP) is 1.87. The Morgan fingerprint density at radius 3 is 2.17 bits per heavy atom. The molecular formula is C10H18N2. The first-order valence-electron chi connectivity index (χ1n) is 4.31. The number of nitrogens with zero attached hydrogens (tertiary/aromatic N) is 2. The van der Waals surface area contributed by atoms with E-state index >= 15 is 0 Å². The van der Waals surface area contributed by atoms with Crippen molar-refractivity contribution >= 4 is 0 Å². The largest absolute Gasteiger partial charge is 0.358 e. The van der Waals surface area contributed by atoms with E-state index in [1.807, 2.05) is 7.05 Å². The number of hydrogen-bond donors (Lipinski definition) is 0. The first-order chi connectivity index (χ1) is 5.46. The molecule has 0 aromatic carbocycles. The highest BCUT2D eigenvalue weighted by Gasteiger charge is 2.29. The lowest BCUT2D eigenvalue weighted by atomic mass is 9.96. The third-order valence-corrected chi connectivity index (χ3v) is 3.09. The summed E-state index contributed by atoms with van der Waals surface area (Å²) in [7, 11) is 4.09. The van der Waals surface area contributed by atoms with Crippen molar-refractivity contribution in [3.05, 3.63) is 24.7 Å². The summed E-state index contributed by atoms with van der Waals surface area (Å²) < 4.78 is 0. The molecule has 0 radical (unpaired) electrons. The van der Waals surface area contributed by atoms with Crippen LogP contribution in [0.25, 0.3) is 0 Å². The maximum Gasteiger partial charge on any atom is 0.100 e. The van der Waals surface area contributed by atoms with Gasteiger partial charge in [0.25, 0.3) is 0 Å². The molecule has 1 unspecified atom stereocenters. The van der Waals surface area contributed by atoms with E-state index in [1.165, 1.54) is 0 Å². The normalized spacial score (nSPS) is 31.3. The van der Waals surface area contributed by atoms with Crippen LogP contribution in [0.2, 0.25) is 0 Å². The van der Waals surface area contributed by atoms with Gasteiger partial charge in [0.1, 0.15) is 5.82 Å². The van der Waals surface area contributed by atoms with Crippen molar-refractivity contribution in [3.8, 4) is 0 Å². The smallest absolute Gasteiger partial charge is 0.100 e. The van der Waals surface area contributed by atoms with Crippen LogP contribution in [0.5, 0.6) is 0 Å². The van der Waals surface area contributed by atoms with Crippen LogP contribution in [0.15, 0.2) is 24.7 Å². The molecule has 1 saturated heterocycles. The maximum absolute atomic E-state index is 4.05. The van der Waals surface area contributed by atoms with Gasteiger partial charge in [-0.2, -0.15) is 0 Å². The van der Waals surface area contributed by atoms with Gasteiger partial charge in [-0.3, -0.25) is 0 Å². The molecule has 1 heterocycles. The lowest BCUT2D eigenvalue weighted by Crippen LogP contribution is -2.46. The maximum atomic E-state index is 4.05. The molecule has 1 rings (SSSR count). The first-order valence-corrected chi connectivity index (χ1v) is 4.31. The molecule has 0 aromatic heterocycles. The molecule has 0 aromatic rings. The van der Waals surface area contributed by atoms with Crippen molar-refractivity contribution in [3.63, 3.8) is 0 Å². The third-order valence-electron chi connectivity index (χ3n) is 3.09. The summed E-state index contributed by atoms with van der Waals surface area (Å²) in [6.45, 7) is 12.5. The highest BCUT2D eigenvalue weighted by Crippen LogP contribution is 2.30. The zero-order valence-corrected chi connectivity index (χ0v) is 8.46. The quantitative estimate of drug-likeness (QED) is 0.542. The van der Waals surface area contributed by atoms with E-state index in [0.29, 0.717) is 12.0 Å². The fraction of sp³-hybridized carbons (Fsp3) is 0.600. The van der Waals surface area contributed by atoms with Gasteiger partial charge < -0.3 is 9.80 Å². The molecule has 0 aliphatic carbocycles. The molecule has 0 amide bonds. The Kier molecular flexibility index (Phi) is 2.18. The summed E-state index contributed by atoms with van der Waals surface area (Å²) in [5.74, 6) is 1.54. The lowest BCUT2D eigenvalue weighted by Gasteiger charge is -2.45. The molecule has 2 nitrogen and oxygen atoms in total. The molecule has 0 N–H and O–H groups in total.